The van der Waals surface area contributed by atoms with Crippen LogP contribution in [-0.4, -0.2) is 30.1 Å². The van der Waals surface area contributed by atoms with Gasteiger partial charge in [0.1, 0.15) is 5.03 Å². The van der Waals surface area contributed by atoms with Crippen LogP contribution in [0, 0.1) is 0 Å². The summed E-state index contributed by atoms with van der Waals surface area (Å²) in [5.74, 6) is 0.548. The molecule has 1 aliphatic rings. The van der Waals surface area contributed by atoms with Gasteiger partial charge < -0.3 is 15.2 Å². The van der Waals surface area contributed by atoms with Gasteiger partial charge >= 0.3 is 0 Å². The van der Waals surface area contributed by atoms with Crippen molar-refractivity contribution in [1.82, 2.24) is 4.98 Å². The normalized spacial score (nSPS) is 15.8. The first-order valence-electron chi connectivity index (χ1n) is 5.43. The first kappa shape index (κ1) is 11.5. The zero-order valence-corrected chi connectivity index (χ0v) is 10.1. The van der Waals surface area contributed by atoms with Gasteiger partial charge in [0.15, 0.2) is 0 Å². The maximum atomic E-state index is 5.79. The van der Waals surface area contributed by atoms with Gasteiger partial charge in [-0.25, -0.2) is 4.98 Å². The smallest absolute Gasteiger partial charge is 0.238 e. The van der Waals surface area contributed by atoms with Crippen molar-refractivity contribution in [3.63, 3.8) is 0 Å². The van der Waals surface area contributed by atoms with E-state index in [0.29, 0.717) is 23.4 Å². The number of nitrogen functional groups attached to an aromatic ring is 1. The van der Waals surface area contributed by atoms with Crippen molar-refractivity contribution in [3.05, 3.63) is 12.1 Å². The molecule has 1 aliphatic heterocycles. The minimum Gasteiger partial charge on any atom is -0.476 e. The molecule has 1 aromatic rings. The van der Waals surface area contributed by atoms with Crippen molar-refractivity contribution in [2.75, 3.05) is 25.6 Å². The number of nitrogens with zero attached hydrogens (tertiary/aromatic N) is 1. The van der Waals surface area contributed by atoms with Crippen LogP contribution in [0.3, 0.4) is 0 Å². The third-order valence-electron chi connectivity index (χ3n) is 2.20. The van der Waals surface area contributed by atoms with Crippen LogP contribution in [-0.2, 0) is 4.74 Å². The first-order chi connectivity index (χ1) is 7.79. The molecular formula is C11H16N2O2S. The average molecular weight is 240 g/mol. The molecule has 2 heterocycles. The molecular weight excluding hydrogens is 224 g/mol. The van der Waals surface area contributed by atoms with E-state index in [4.69, 9.17) is 15.2 Å². The fourth-order valence-corrected chi connectivity index (χ4v) is 2.22. The summed E-state index contributed by atoms with van der Waals surface area (Å²) in [7, 11) is 0. The maximum Gasteiger partial charge on any atom is 0.238 e. The van der Waals surface area contributed by atoms with E-state index in [1.807, 2.05) is 12.1 Å². The summed E-state index contributed by atoms with van der Waals surface area (Å²) in [6, 6.07) is 3.77. The fraction of sp³-hybridized carbons (Fsp3) is 0.545. The lowest BCUT2D eigenvalue weighted by atomic mass is 10.4. The molecule has 0 saturated carbocycles. The van der Waals surface area contributed by atoms with Crippen molar-refractivity contribution in [2.45, 2.75) is 23.6 Å². The highest BCUT2D eigenvalue weighted by molar-refractivity contribution is 8.00. The molecule has 0 aromatic carbocycles. The third kappa shape index (κ3) is 2.80. The molecule has 88 valence electrons. The van der Waals surface area contributed by atoms with Gasteiger partial charge in [-0.15, -0.1) is 0 Å². The molecule has 1 aromatic heterocycles. The molecule has 4 nitrogen and oxygen atoms in total. The van der Waals surface area contributed by atoms with E-state index in [1.54, 1.807) is 11.8 Å². The van der Waals surface area contributed by atoms with Gasteiger partial charge in [0.05, 0.1) is 30.8 Å². The molecule has 0 radical (unpaired) electrons. The van der Waals surface area contributed by atoms with Crippen LogP contribution in [0.5, 0.6) is 5.88 Å². The summed E-state index contributed by atoms with van der Waals surface area (Å²) in [4.78, 5) is 4.39. The number of anilines is 1. The summed E-state index contributed by atoms with van der Waals surface area (Å²) in [6.45, 7) is 4.32. The van der Waals surface area contributed by atoms with Crippen LogP contribution in [0.2, 0.25) is 0 Å². The second kappa shape index (κ2) is 5.41. The molecule has 0 atom stereocenters. The Morgan fingerprint density at radius 2 is 2.38 bits per heavy atom. The molecule has 0 spiro atoms. The number of nitrogens with two attached hydrogens (primary N) is 1. The molecule has 5 heteroatoms. The van der Waals surface area contributed by atoms with Gasteiger partial charge in [-0.3, -0.25) is 0 Å². The van der Waals surface area contributed by atoms with Gasteiger partial charge in [-0.05, 0) is 18.6 Å². The number of ether oxygens (including phenoxy) is 2. The molecule has 0 unspecified atom stereocenters. The van der Waals surface area contributed by atoms with Crippen molar-refractivity contribution in [1.29, 1.82) is 0 Å². The van der Waals surface area contributed by atoms with Gasteiger partial charge in [0, 0.05) is 0 Å². The number of thioether (sulfide) groups is 1. The molecule has 0 bridgehead atoms. The Kier molecular flexibility index (Phi) is 3.90. The predicted molar refractivity (Wildman–Crippen MR) is 64.9 cm³/mol. The van der Waals surface area contributed by atoms with Crippen LogP contribution < -0.4 is 10.5 Å². The number of hydrogen-bond donors (Lipinski definition) is 1. The Morgan fingerprint density at radius 1 is 1.56 bits per heavy atom. The van der Waals surface area contributed by atoms with E-state index < -0.39 is 0 Å². The molecule has 16 heavy (non-hydrogen) atoms. The van der Waals surface area contributed by atoms with Crippen LogP contribution in [0.1, 0.15) is 13.3 Å². The van der Waals surface area contributed by atoms with Gasteiger partial charge in [-0.2, -0.15) is 0 Å². The van der Waals surface area contributed by atoms with Crippen LogP contribution in [0.4, 0.5) is 5.69 Å². The van der Waals surface area contributed by atoms with Gasteiger partial charge in [0.25, 0.3) is 0 Å². The lowest BCUT2D eigenvalue weighted by Crippen LogP contribution is -2.30. The van der Waals surface area contributed by atoms with Crippen LogP contribution in [0.25, 0.3) is 0 Å². The largest absolute Gasteiger partial charge is 0.476 e. The minimum absolute atomic E-state index is 0.523. The van der Waals surface area contributed by atoms with Crippen LogP contribution in [0.15, 0.2) is 17.2 Å². The van der Waals surface area contributed by atoms with Gasteiger partial charge in [0.2, 0.25) is 5.88 Å². The third-order valence-corrected chi connectivity index (χ3v) is 3.28. The predicted octanol–water partition coefficient (Wildman–Crippen LogP) is 1.94. The van der Waals surface area contributed by atoms with Gasteiger partial charge in [-0.1, -0.05) is 18.7 Å². The number of hydrogen-bond acceptors (Lipinski definition) is 5. The number of rotatable bonds is 5. The quantitative estimate of drug-likeness (QED) is 0.852. The Labute approximate surface area is 99.5 Å². The Balaban J connectivity index is 2.01. The van der Waals surface area contributed by atoms with E-state index in [1.165, 1.54) is 0 Å². The molecule has 0 aliphatic carbocycles. The highest BCUT2D eigenvalue weighted by atomic mass is 32.2. The van der Waals surface area contributed by atoms with E-state index in [0.717, 1.165) is 24.7 Å². The Bertz CT molecular complexity index is 356. The highest BCUT2D eigenvalue weighted by Gasteiger charge is 2.20. The average Bonchev–Trinajstić information content (AvgIpc) is 2.23. The van der Waals surface area contributed by atoms with Crippen LogP contribution >= 0.6 is 11.8 Å². The second-order valence-corrected chi connectivity index (χ2v) is 4.99. The van der Waals surface area contributed by atoms with E-state index in [2.05, 4.69) is 11.9 Å². The maximum absolute atomic E-state index is 5.79. The summed E-state index contributed by atoms with van der Waals surface area (Å²) >= 11 is 1.72. The summed E-state index contributed by atoms with van der Waals surface area (Å²) in [5.41, 5.74) is 6.39. The van der Waals surface area contributed by atoms with Crippen molar-refractivity contribution in [3.8, 4) is 5.88 Å². The molecule has 0 amide bonds. The molecule has 1 saturated heterocycles. The zero-order chi connectivity index (χ0) is 11.4. The topological polar surface area (TPSA) is 57.4 Å². The number of aromatic nitrogens is 1. The fourth-order valence-electron chi connectivity index (χ4n) is 1.27. The minimum atomic E-state index is 0.523. The number of pyridine rings is 1. The SMILES string of the molecule is CCCOc1nc(SC2COC2)ccc1N. The van der Waals surface area contributed by atoms with E-state index in [-0.39, 0.29) is 0 Å². The second-order valence-electron chi connectivity index (χ2n) is 3.67. The van der Waals surface area contributed by atoms with Crippen molar-refractivity contribution < 1.29 is 9.47 Å². The zero-order valence-electron chi connectivity index (χ0n) is 9.31. The highest BCUT2D eigenvalue weighted by Crippen LogP contribution is 2.29. The Hall–Kier alpha value is -0.940. The summed E-state index contributed by atoms with van der Waals surface area (Å²) in [5, 5.41) is 1.48. The summed E-state index contributed by atoms with van der Waals surface area (Å²) < 4.78 is 10.6. The lowest BCUT2D eigenvalue weighted by Gasteiger charge is -2.24. The monoisotopic (exact) mass is 240 g/mol. The van der Waals surface area contributed by atoms with E-state index in [9.17, 15) is 0 Å². The molecule has 1 fully saturated rings. The van der Waals surface area contributed by atoms with Crippen molar-refractivity contribution in [2.24, 2.45) is 0 Å². The lowest BCUT2D eigenvalue weighted by molar-refractivity contribution is 0.0454. The first-order valence-corrected chi connectivity index (χ1v) is 6.31. The standard InChI is InChI=1S/C11H16N2O2S/c1-2-5-15-11-9(12)3-4-10(13-11)16-8-6-14-7-8/h3-4,8H,2,5-7,12H2,1H3. The van der Waals surface area contributed by atoms with E-state index >= 15 is 0 Å². The molecule has 2 N–H and O–H groups in total. The van der Waals surface area contributed by atoms with Crippen molar-refractivity contribution >= 4 is 17.4 Å². The summed E-state index contributed by atoms with van der Waals surface area (Å²) in [6.07, 6.45) is 0.953. The Morgan fingerprint density at radius 3 is 3.00 bits per heavy atom. The molecule has 2 rings (SSSR count).